The first-order valence-electron chi connectivity index (χ1n) is 7.83. The van der Waals surface area contributed by atoms with Gasteiger partial charge in [-0.2, -0.15) is 0 Å². The third kappa shape index (κ3) is 3.87. The maximum atomic E-state index is 12.7. The van der Waals surface area contributed by atoms with E-state index < -0.39 is 0 Å². The molecule has 0 unspecified atom stereocenters. The summed E-state index contributed by atoms with van der Waals surface area (Å²) in [5.41, 5.74) is 2.81. The summed E-state index contributed by atoms with van der Waals surface area (Å²) in [5, 5.41) is 3.16. The molecule has 3 heteroatoms. The fourth-order valence-corrected chi connectivity index (χ4v) is 3.02. The van der Waals surface area contributed by atoms with E-state index in [1.807, 2.05) is 91.2 Å². The lowest BCUT2D eigenvalue weighted by atomic mass is 9.98. The van der Waals surface area contributed by atoms with Crippen molar-refractivity contribution in [3.8, 4) is 0 Å². The molecule has 0 heterocycles. The monoisotopic (exact) mass is 333 g/mol. The third-order valence-corrected chi connectivity index (χ3v) is 4.64. The Morgan fingerprint density at radius 3 is 1.75 bits per heavy atom. The second-order valence-electron chi connectivity index (χ2n) is 5.46. The number of hydrogen-bond donors (Lipinski definition) is 1. The predicted molar refractivity (Wildman–Crippen MR) is 100 cm³/mol. The van der Waals surface area contributed by atoms with Crippen molar-refractivity contribution in [1.82, 2.24) is 5.32 Å². The number of nitrogens with one attached hydrogen (secondary N) is 1. The van der Waals surface area contributed by atoms with Gasteiger partial charge < -0.3 is 5.32 Å². The number of carbonyl (C=O) groups excluding carboxylic acids is 1. The first-order chi connectivity index (χ1) is 11.8. The molecule has 120 valence electrons. The van der Waals surface area contributed by atoms with Crippen LogP contribution >= 0.6 is 11.8 Å². The molecule has 0 bridgehead atoms. The van der Waals surface area contributed by atoms with Crippen molar-refractivity contribution in [2.45, 2.75) is 10.9 Å². The first kappa shape index (κ1) is 16.3. The highest BCUT2D eigenvalue weighted by atomic mass is 32.2. The first-order valence-corrected chi connectivity index (χ1v) is 9.05. The molecule has 0 saturated carbocycles. The van der Waals surface area contributed by atoms with Gasteiger partial charge in [0.2, 0.25) is 0 Å². The van der Waals surface area contributed by atoms with Gasteiger partial charge in [-0.1, -0.05) is 60.7 Å². The number of carbonyl (C=O) groups is 1. The minimum Gasteiger partial charge on any atom is -0.341 e. The lowest BCUT2D eigenvalue weighted by Gasteiger charge is -2.20. The van der Waals surface area contributed by atoms with Crippen LogP contribution < -0.4 is 5.32 Å². The maximum absolute atomic E-state index is 12.7. The molecular formula is C21H19NOS. The van der Waals surface area contributed by atoms with Gasteiger partial charge in [-0.05, 0) is 41.6 Å². The molecule has 3 aromatic rings. The maximum Gasteiger partial charge on any atom is 0.252 e. The predicted octanol–water partition coefficient (Wildman–Crippen LogP) is 4.93. The molecule has 24 heavy (non-hydrogen) atoms. The lowest BCUT2D eigenvalue weighted by Crippen LogP contribution is -2.29. The van der Waals surface area contributed by atoms with Crippen molar-refractivity contribution >= 4 is 17.7 Å². The van der Waals surface area contributed by atoms with Crippen molar-refractivity contribution in [1.29, 1.82) is 0 Å². The van der Waals surface area contributed by atoms with E-state index >= 15 is 0 Å². The van der Waals surface area contributed by atoms with Crippen molar-refractivity contribution < 1.29 is 4.79 Å². The zero-order valence-corrected chi connectivity index (χ0v) is 14.3. The van der Waals surface area contributed by atoms with E-state index in [-0.39, 0.29) is 11.9 Å². The van der Waals surface area contributed by atoms with E-state index in [1.54, 1.807) is 11.8 Å². The van der Waals surface area contributed by atoms with Gasteiger partial charge in [0.1, 0.15) is 0 Å². The molecule has 1 amide bonds. The Labute approximate surface area is 146 Å². The van der Waals surface area contributed by atoms with E-state index in [2.05, 4.69) is 5.32 Å². The fraction of sp³-hybridized carbons (Fsp3) is 0.0952. The van der Waals surface area contributed by atoms with E-state index in [0.717, 1.165) is 16.0 Å². The third-order valence-electron chi connectivity index (χ3n) is 3.89. The summed E-state index contributed by atoms with van der Waals surface area (Å²) in [5.74, 6) is -0.0691. The van der Waals surface area contributed by atoms with Crippen molar-refractivity contribution in [3.63, 3.8) is 0 Å². The lowest BCUT2D eigenvalue weighted by molar-refractivity contribution is 0.0943. The highest BCUT2D eigenvalue weighted by Crippen LogP contribution is 2.22. The summed E-state index contributed by atoms with van der Waals surface area (Å²) in [4.78, 5) is 13.8. The fourth-order valence-electron chi connectivity index (χ4n) is 2.61. The van der Waals surface area contributed by atoms with Gasteiger partial charge in [-0.3, -0.25) is 4.79 Å². The van der Waals surface area contributed by atoms with Gasteiger partial charge in [-0.25, -0.2) is 0 Å². The van der Waals surface area contributed by atoms with E-state index in [4.69, 9.17) is 0 Å². The van der Waals surface area contributed by atoms with Crippen LogP contribution in [-0.2, 0) is 0 Å². The SMILES string of the molecule is CSc1ccc(C(=O)NC(c2ccccc2)c2ccccc2)cc1. The van der Waals surface area contributed by atoms with Crippen molar-refractivity contribution in [2.75, 3.05) is 6.26 Å². The van der Waals surface area contributed by atoms with E-state index in [1.165, 1.54) is 0 Å². The van der Waals surface area contributed by atoms with Crippen LogP contribution in [0.1, 0.15) is 27.5 Å². The Bertz CT molecular complexity index is 746. The number of benzene rings is 3. The molecular weight excluding hydrogens is 314 g/mol. The Kier molecular flexibility index (Phi) is 5.34. The Morgan fingerprint density at radius 1 is 0.792 bits per heavy atom. The largest absolute Gasteiger partial charge is 0.341 e. The summed E-state index contributed by atoms with van der Waals surface area (Å²) in [6, 6.07) is 27.6. The molecule has 0 aliphatic rings. The topological polar surface area (TPSA) is 29.1 Å². The second-order valence-corrected chi connectivity index (χ2v) is 6.34. The van der Waals surface area contributed by atoms with Crippen LogP contribution in [0.2, 0.25) is 0 Å². The summed E-state index contributed by atoms with van der Waals surface area (Å²) in [6.07, 6.45) is 2.02. The Balaban J connectivity index is 1.87. The van der Waals surface area contributed by atoms with Gasteiger partial charge in [0, 0.05) is 10.5 Å². The number of hydrogen-bond acceptors (Lipinski definition) is 2. The average Bonchev–Trinajstić information content (AvgIpc) is 2.67. The molecule has 0 aromatic heterocycles. The van der Waals surface area contributed by atoms with Crippen LogP contribution in [0.3, 0.4) is 0 Å². The van der Waals surface area contributed by atoms with Gasteiger partial charge in [0.25, 0.3) is 5.91 Å². The van der Waals surface area contributed by atoms with Crippen LogP contribution in [0.15, 0.2) is 89.8 Å². The van der Waals surface area contributed by atoms with Crippen molar-refractivity contribution in [3.05, 3.63) is 102 Å². The molecule has 0 aliphatic heterocycles. The smallest absolute Gasteiger partial charge is 0.252 e. The minimum absolute atomic E-state index is 0.0691. The number of thioether (sulfide) groups is 1. The van der Waals surface area contributed by atoms with Gasteiger partial charge in [0.05, 0.1) is 6.04 Å². The zero-order valence-electron chi connectivity index (χ0n) is 13.5. The standard InChI is InChI=1S/C21H19NOS/c1-24-19-14-12-18(13-15-19)21(23)22-20(16-8-4-2-5-9-16)17-10-6-3-7-11-17/h2-15,20H,1H3,(H,22,23). The summed E-state index contributed by atoms with van der Waals surface area (Å²) >= 11 is 1.67. The molecule has 3 rings (SSSR count). The second kappa shape index (κ2) is 7.84. The summed E-state index contributed by atoms with van der Waals surface area (Å²) in [7, 11) is 0. The van der Waals surface area contributed by atoms with Crippen LogP contribution in [0, 0.1) is 0 Å². The van der Waals surface area contributed by atoms with Gasteiger partial charge >= 0.3 is 0 Å². The highest BCUT2D eigenvalue weighted by Gasteiger charge is 2.17. The number of rotatable bonds is 5. The Hall–Kier alpha value is -2.52. The number of amides is 1. The van der Waals surface area contributed by atoms with Crippen LogP contribution in [0.5, 0.6) is 0 Å². The Morgan fingerprint density at radius 2 is 1.29 bits per heavy atom. The zero-order chi connectivity index (χ0) is 16.8. The average molecular weight is 333 g/mol. The van der Waals surface area contributed by atoms with E-state index in [0.29, 0.717) is 5.56 Å². The van der Waals surface area contributed by atoms with Crippen LogP contribution in [0.25, 0.3) is 0 Å². The highest BCUT2D eigenvalue weighted by molar-refractivity contribution is 7.98. The molecule has 1 N–H and O–H groups in total. The van der Waals surface area contributed by atoms with Gasteiger partial charge in [0.15, 0.2) is 0 Å². The van der Waals surface area contributed by atoms with E-state index in [9.17, 15) is 4.79 Å². The molecule has 0 atom stereocenters. The molecule has 3 aromatic carbocycles. The molecule has 0 fully saturated rings. The summed E-state index contributed by atoms with van der Waals surface area (Å²) < 4.78 is 0. The molecule has 0 radical (unpaired) electrons. The normalized spacial score (nSPS) is 10.6. The molecule has 0 spiro atoms. The quantitative estimate of drug-likeness (QED) is 0.671. The molecule has 2 nitrogen and oxygen atoms in total. The van der Waals surface area contributed by atoms with Crippen LogP contribution in [-0.4, -0.2) is 12.2 Å². The molecule has 0 saturated heterocycles. The molecule has 0 aliphatic carbocycles. The van der Waals surface area contributed by atoms with Crippen LogP contribution in [0.4, 0.5) is 0 Å². The van der Waals surface area contributed by atoms with Crippen molar-refractivity contribution in [2.24, 2.45) is 0 Å². The minimum atomic E-state index is -0.167. The van der Waals surface area contributed by atoms with Gasteiger partial charge in [-0.15, -0.1) is 11.8 Å². The summed E-state index contributed by atoms with van der Waals surface area (Å²) in [6.45, 7) is 0.